The second-order valence-electron chi connectivity index (χ2n) is 4.26. The van der Waals surface area contributed by atoms with Crippen LogP contribution in [0.25, 0.3) is 0 Å². The number of fused-ring (bicyclic) bond motifs is 1. The molecule has 1 amide bonds. The Morgan fingerprint density at radius 2 is 2.31 bits per heavy atom. The van der Waals surface area contributed by atoms with Gasteiger partial charge in [0.05, 0.1) is 5.69 Å². The van der Waals surface area contributed by atoms with E-state index in [4.69, 9.17) is 10.5 Å². The van der Waals surface area contributed by atoms with Crippen molar-refractivity contribution in [3.63, 3.8) is 0 Å². The third-order valence-electron chi connectivity index (χ3n) is 2.53. The monoisotopic (exact) mass is 220 g/mol. The summed E-state index contributed by atoms with van der Waals surface area (Å²) in [6.07, 6.45) is 0.366. The fraction of sp³-hybridized carbons (Fsp3) is 0.417. The van der Waals surface area contributed by atoms with Crippen molar-refractivity contribution in [1.29, 1.82) is 0 Å². The van der Waals surface area contributed by atoms with Gasteiger partial charge < -0.3 is 15.8 Å². The molecule has 2 rings (SSSR count). The number of anilines is 1. The van der Waals surface area contributed by atoms with Crippen LogP contribution in [-0.4, -0.2) is 18.1 Å². The van der Waals surface area contributed by atoms with E-state index in [1.54, 1.807) is 6.92 Å². The van der Waals surface area contributed by atoms with Crippen molar-refractivity contribution in [1.82, 2.24) is 0 Å². The van der Waals surface area contributed by atoms with Crippen molar-refractivity contribution >= 4 is 11.6 Å². The lowest BCUT2D eigenvalue weighted by Gasteiger charge is -2.23. The molecule has 2 unspecified atom stereocenters. The normalized spacial score (nSPS) is 20.7. The summed E-state index contributed by atoms with van der Waals surface area (Å²) >= 11 is 0. The number of hydrogen-bond acceptors (Lipinski definition) is 3. The Morgan fingerprint density at radius 1 is 1.56 bits per heavy atom. The highest BCUT2D eigenvalue weighted by atomic mass is 16.5. The highest BCUT2D eigenvalue weighted by Crippen LogP contribution is 2.30. The van der Waals surface area contributed by atoms with Crippen LogP contribution < -0.4 is 15.8 Å². The van der Waals surface area contributed by atoms with Gasteiger partial charge in [-0.05, 0) is 38.0 Å². The number of ether oxygens (including phenoxy) is 1. The zero-order valence-corrected chi connectivity index (χ0v) is 9.49. The molecule has 1 aliphatic heterocycles. The molecule has 0 bridgehead atoms. The van der Waals surface area contributed by atoms with Crippen LogP contribution in [-0.2, 0) is 11.2 Å². The van der Waals surface area contributed by atoms with Gasteiger partial charge in [0, 0.05) is 6.04 Å². The topological polar surface area (TPSA) is 64.3 Å². The average molecular weight is 220 g/mol. The molecule has 0 radical (unpaired) electrons. The van der Waals surface area contributed by atoms with Crippen molar-refractivity contribution in [2.75, 3.05) is 5.32 Å². The predicted molar refractivity (Wildman–Crippen MR) is 62.5 cm³/mol. The zero-order chi connectivity index (χ0) is 11.7. The van der Waals surface area contributed by atoms with Gasteiger partial charge in [-0.3, -0.25) is 4.79 Å². The van der Waals surface area contributed by atoms with Crippen LogP contribution in [0.15, 0.2) is 18.2 Å². The molecule has 4 heteroatoms. The van der Waals surface area contributed by atoms with E-state index in [9.17, 15) is 4.79 Å². The first-order valence-electron chi connectivity index (χ1n) is 5.42. The molecule has 3 N–H and O–H groups in total. The van der Waals surface area contributed by atoms with Crippen molar-refractivity contribution in [2.45, 2.75) is 32.4 Å². The van der Waals surface area contributed by atoms with Gasteiger partial charge in [-0.15, -0.1) is 0 Å². The van der Waals surface area contributed by atoms with E-state index in [0.717, 1.165) is 23.4 Å². The lowest BCUT2D eigenvalue weighted by atomic mass is 10.1. The molecule has 0 spiro atoms. The summed E-state index contributed by atoms with van der Waals surface area (Å²) in [5.74, 6) is 0.617. The van der Waals surface area contributed by atoms with E-state index in [-0.39, 0.29) is 11.9 Å². The Morgan fingerprint density at radius 3 is 3.00 bits per heavy atom. The van der Waals surface area contributed by atoms with Gasteiger partial charge in [0.15, 0.2) is 6.10 Å². The maximum Gasteiger partial charge on any atom is 0.265 e. The largest absolute Gasteiger partial charge is 0.479 e. The highest BCUT2D eigenvalue weighted by Gasteiger charge is 2.23. The first-order chi connectivity index (χ1) is 7.56. The first kappa shape index (κ1) is 11.0. The number of nitrogens with two attached hydrogens (primary N) is 1. The third-order valence-corrected chi connectivity index (χ3v) is 2.53. The molecule has 0 saturated carbocycles. The summed E-state index contributed by atoms with van der Waals surface area (Å²) in [7, 11) is 0. The van der Waals surface area contributed by atoms with Crippen LogP contribution >= 0.6 is 0 Å². The minimum absolute atomic E-state index is 0.106. The second-order valence-corrected chi connectivity index (χ2v) is 4.26. The van der Waals surface area contributed by atoms with Crippen molar-refractivity contribution in [2.24, 2.45) is 5.73 Å². The predicted octanol–water partition coefficient (Wildman–Crippen LogP) is 1.30. The van der Waals surface area contributed by atoms with Gasteiger partial charge in [-0.1, -0.05) is 6.07 Å². The molecule has 0 fully saturated rings. The van der Waals surface area contributed by atoms with Crippen LogP contribution in [0.5, 0.6) is 5.75 Å². The van der Waals surface area contributed by atoms with Gasteiger partial charge in [0.1, 0.15) is 5.75 Å². The minimum atomic E-state index is -0.424. The molecule has 16 heavy (non-hydrogen) atoms. The van der Waals surface area contributed by atoms with E-state index in [1.165, 1.54) is 0 Å². The van der Waals surface area contributed by atoms with E-state index in [1.807, 2.05) is 25.1 Å². The van der Waals surface area contributed by atoms with E-state index < -0.39 is 6.10 Å². The Kier molecular flexibility index (Phi) is 2.83. The van der Waals surface area contributed by atoms with E-state index in [2.05, 4.69) is 5.32 Å². The molecule has 1 aromatic carbocycles. The summed E-state index contributed by atoms with van der Waals surface area (Å²) in [6.45, 7) is 3.69. The Balaban J connectivity index is 2.25. The smallest absolute Gasteiger partial charge is 0.265 e. The third kappa shape index (κ3) is 2.17. The molecular weight excluding hydrogens is 204 g/mol. The molecule has 0 aliphatic carbocycles. The van der Waals surface area contributed by atoms with Gasteiger partial charge in [-0.25, -0.2) is 0 Å². The SMILES string of the molecule is CC(N)Cc1ccc2c(c1)NC(=O)C(C)O2. The molecule has 1 aromatic rings. The average Bonchev–Trinajstić information content (AvgIpc) is 2.19. The fourth-order valence-electron chi connectivity index (χ4n) is 1.75. The summed E-state index contributed by atoms with van der Waals surface area (Å²) in [5, 5.41) is 2.82. The molecule has 1 heterocycles. The van der Waals surface area contributed by atoms with Crippen molar-refractivity contribution < 1.29 is 9.53 Å². The molecule has 86 valence electrons. The molecule has 1 aliphatic rings. The molecular formula is C12H16N2O2. The summed E-state index contributed by atoms with van der Waals surface area (Å²) in [6, 6.07) is 5.88. The Hall–Kier alpha value is -1.55. The second kappa shape index (κ2) is 4.14. The summed E-state index contributed by atoms with van der Waals surface area (Å²) in [5.41, 5.74) is 7.57. The van der Waals surface area contributed by atoms with Gasteiger partial charge in [0.25, 0.3) is 5.91 Å². The van der Waals surface area contributed by atoms with Gasteiger partial charge in [0.2, 0.25) is 0 Å². The number of nitrogens with one attached hydrogen (secondary N) is 1. The van der Waals surface area contributed by atoms with Crippen molar-refractivity contribution in [3.05, 3.63) is 23.8 Å². The number of carbonyl (C=O) groups is 1. The van der Waals surface area contributed by atoms with Crippen LogP contribution in [0.4, 0.5) is 5.69 Å². The number of amides is 1. The maximum atomic E-state index is 11.4. The van der Waals surface area contributed by atoms with Crippen LogP contribution in [0.3, 0.4) is 0 Å². The van der Waals surface area contributed by atoms with E-state index in [0.29, 0.717) is 0 Å². The molecule has 0 aromatic heterocycles. The maximum absolute atomic E-state index is 11.4. The van der Waals surface area contributed by atoms with Crippen molar-refractivity contribution in [3.8, 4) is 5.75 Å². The quantitative estimate of drug-likeness (QED) is 0.789. The number of benzene rings is 1. The van der Waals surface area contributed by atoms with Crippen LogP contribution in [0.2, 0.25) is 0 Å². The fourth-order valence-corrected chi connectivity index (χ4v) is 1.75. The van der Waals surface area contributed by atoms with E-state index >= 15 is 0 Å². The van der Waals surface area contributed by atoms with Crippen LogP contribution in [0, 0.1) is 0 Å². The molecule has 0 saturated heterocycles. The molecule has 2 atom stereocenters. The number of carbonyl (C=O) groups excluding carboxylic acids is 1. The Bertz CT molecular complexity index is 415. The number of rotatable bonds is 2. The zero-order valence-electron chi connectivity index (χ0n) is 9.49. The minimum Gasteiger partial charge on any atom is -0.479 e. The highest BCUT2D eigenvalue weighted by molar-refractivity contribution is 5.97. The lowest BCUT2D eigenvalue weighted by Crippen LogP contribution is -2.34. The van der Waals surface area contributed by atoms with Crippen LogP contribution in [0.1, 0.15) is 19.4 Å². The molecule has 4 nitrogen and oxygen atoms in total. The van der Waals surface area contributed by atoms with Gasteiger partial charge >= 0.3 is 0 Å². The van der Waals surface area contributed by atoms with Gasteiger partial charge in [-0.2, -0.15) is 0 Å². The standard InChI is InChI=1S/C12H16N2O2/c1-7(13)5-9-3-4-11-10(6-9)14-12(15)8(2)16-11/h3-4,6-8H,5,13H2,1-2H3,(H,14,15). The summed E-state index contributed by atoms with van der Waals surface area (Å²) in [4.78, 5) is 11.4. The Labute approximate surface area is 94.8 Å². The summed E-state index contributed by atoms with van der Waals surface area (Å²) < 4.78 is 5.46. The lowest BCUT2D eigenvalue weighted by molar-refractivity contribution is -0.122. The first-order valence-corrected chi connectivity index (χ1v) is 5.42. The number of hydrogen-bond donors (Lipinski definition) is 2.